The van der Waals surface area contributed by atoms with Gasteiger partial charge in [-0.05, 0) is 62.1 Å². The molecular weight excluding hydrogens is 270 g/mol. The average molecular weight is 291 g/mol. The lowest BCUT2D eigenvalue weighted by atomic mass is 10.1. The quantitative estimate of drug-likeness (QED) is 0.704. The number of benzene rings is 2. The van der Waals surface area contributed by atoms with Gasteiger partial charge in [0.05, 0.1) is 11.0 Å². The van der Waals surface area contributed by atoms with E-state index in [2.05, 4.69) is 65.8 Å². The molecule has 3 aromatic rings. The Morgan fingerprint density at radius 3 is 2.32 bits per heavy atom. The molecule has 2 heterocycles. The van der Waals surface area contributed by atoms with E-state index >= 15 is 0 Å². The molecule has 22 heavy (non-hydrogen) atoms. The molecule has 1 fully saturated rings. The van der Waals surface area contributed by atoms with Crippen molar-refractivity contribution in [3.8, 4) is 5.69 Å². The Morgan fingerprint density at radius 1 is 0.909 bits per heavy atom. The second kappa shape index (κ2) is 5.16. The number of aryl methyl sites for hydroxylation is 2. The number of nitrogens with zero attached hydrogens (tertiary/aromatic N) is 3. The van der Waals surface area contributed by atoms with E-state index in [1.165, 1.54) is 35.2 Å². The summed E-state index contributed by atoms with van der Waals surface area (Å²) < 4.78 is 2.32. The van der Waals surface area contributed by atoms with Crippen molar-refractivity contribution in [3.05, 3.63) is 53.6 Å². The van der Waals surface area contributed by atoms with Crippen LogP contribution in [0.4, 0.5) is 5.95 Å². The number of aromatic nitrogens is 2. The standard InChI is InChI=1S/C19H21N3/c1-14-11-15(2)13-16(12-14)22-18-8-4-3-7-17(18)20-19(22)21-9-5-6-10-21/h3-4,7-8,11-13H,5-6,9-10H2,1-2H3. The Labute approximate surface area is 131 Å². The molecule has 4 rings (SSSR count). The van der Waals surface area contributed by atoms with E-state index in [4.69, 9.17) is 4.98 Å². The fourth-order valence-electron chi connectivity index (χ4n) is 3.48. The highest BCUT2D eigenvalue weighted by atomic mass is 15.3. The molecule has 0 aliphatic carbocycles. The highest BCUT2D eigenvalue weighted by Crippen LogP contribution is 2.29. The Morgan fingerprint density at radius 2 is 1.59 bits per heavy atom. The minimum atomic E-state index is 1.07. The molecule has 0 N–H and O–H groups in total. The molecule has 1 aliphatic rings. The van der Waals surface area contributed by atoms with Crippen molar-refractivity contribution in [2.75, 3.05) is 18.0 Å². The van der Waals surface area contributed by atoms with Gasteiger partial charge in [-0.25, -0.2) is 4.98 Å². The Hall–Kier alpha value is -2.29. The molecule has 0 atom stereocenters. The third-order valence-corrected chi connectivity index (χ3v) is 4.40. The highest BCUT2D eigenvalue weighted by molar-refractivity contribution is 5.81. The van der Waals surface area contributed by atoms with Crippen molar-refractivity contribution < 1.29 is 0 Å². The number of imidazole rings is 1. The number of para-hydroxylation sites is 2. The van der Waals surface area contributed by atoms with Gasteiger partial charge in [-0.1, -0.05) is 18.2 Å². The molecule has 0 unspecified atom stereocenters. The fourth-order valence-corrected chi connectivity index (χ4v) is 3.48. The lowest BCUT2D eigenvalue weighted by molar-refractivity contribution is 0.883. The van der Waals surface area contributed by atoms with Crippen LogP contribution in [-0.4, -0.2) is 22.6 Å². The summed E-state index contributed by atoms with van der Waals surface area (Å²) in [7, 11) is 0. The monoisotopic (exact) mass is 291 g/mol. The molecule has 3 nitrogen and oxygen atoms in total. The van der Waals surface area contributed by atoms with Crippen LogP contribution in [0.25, 0.3) is 16.7 Å². The SMILES string of the molecule is Cc1cc(C)cc(-n2c(N3CCCC3)nc3ccccc32)c1. The minimum absolute atomic E-state index is 1.07. The van der Waals surface area contributed by atoms with Crippen molar-refractivity contribution in [1.29, 1.82) is 0 Å². The Balaban J connectivity index is 1.99. The van der Waals surface area contributed by atoms with Crippen LogP contribution in [0.2, 0.25) is 0 Å². The van der Waals surface area contributed by atoms with Crippen molar-refractivity contribution in [3.63, 3.8) is 0 Å². The molecule has 0 radical (unpaired) electrons. The molecule has 112 valence electrons. The maximum Gasteiger partial charge on any atom is 0.211 e. The van der Waals surface area contributed by atoms with Gasteiger partial charge in [0.1, 0.15) is 0 Å². The summed E-state index contributed by atoms with van der Waals surface area (Å²) in [5.41, 5.74) is 6.06. The molecule has 0 amide bonds. The second-order valence-corrected chi connectivity index (χ2v) is 6.28. The molecule has 0 spiro atoms. The van der Waals surface area contributed by atoms with E-state index in [-0.39, 0.29) is 0 Å². The first kappa shape index (κ1) is 13.4. The number of hydrogen-bond acceptors (Lipinski definition) is 2. The molecular formula is C19H21N3. The fraction of sp³-hybridized carbons (Fsp3) is 0.316. The molecule has 1 saturated heterocycles. The van der Waals surface area contributed by atoms with E-state index in [9.17, 15) is 0 Å². The Bertz CT molecular complexity index is 806. The maximum atomic E-state index is 4.92. The first-order valence-electron chi connectivity index (χ1n) is 8.03. The molecule has 0 bridgehead atoms. The first-order chi connectivity index (χ1) is 10.7. The van der Waals surface area contributed by atoms with E-state index < -0.39 is 0 Å². The summed E-state index contributed by atoms with van der Waals surface area (Å²) in [5.74, 6) is 1.09. The van der Waals surface area contributed by atoms with Crippen LogP contribution in [0.1, 0.15) is 24.0 Å². The summed E-state index contributed by atoms with van der Waals surface area (Å²) in [6, 6.07) is 15.2. The van der Waals surface area contributed by atoms with Gasteiger partial charge in [0, 0.05) is 18.8 Å². The average Bonchev–Trinajstić information content (AvgIpc) is 3.13. The summed E-state index contributed by atoms with van der Waals surface area (Å²) in [4.78, 5) is 7.33. The van der Waals surface area contributed by atoms with Crippen LogP contribution in [-0.2, 0) is 0 Å². The molecule has 1 aliphatic heterocycles. The topological polar surface area (TPSA) is 21.1 Å². The van der Waals surface area contributed by atoms with Gasteiger partial charge in [0.25, 0.3) is 0 Å². The summed E-state index contributed by atoms with van der Waals surface area (Å²) in [5, 5.41) is 0. The van der Waals surface area contributed by atoms with Crippen molar-refractivity contribution >= 4 is 17.0 Å². The van der Waals surface area contributed by atoms with Gasteiger partial charge < -0.3 is 4.90 Å². The van der Waals surface area contributed by atoms with E-state index in [1.807, 2.05) is 0 Å². The lowest BCUT2D eigenvalue weighted by Crippen LogP contribution is -2.21. The largest absolute Gasteiger partial charge is 0.342 e. The van der Waals surface area contributed by atoms with Crippen molar-refractivity contribution in [1.82, 2.24) is 9.55 Å². The summed E-state index contributed by atoms with van der Waals surface area (Å²) in [6.45, 7) is 6.53. The van der Waals surface area contributed by atoms with Crippen LogP contribution < -0.4 is 4.90 Å². The van der Waals surface area contributed by atoms with E-state index in [1.54, 1.807) is 0 Å². The van der Waals surface area contributed by atoms with Crippen LogP contribution >= 0.6 is 0 Å². The van der Waals surface area contributed by atoms with Crippen LogP contribution in [0.15, 0.2) is 42.5 Å². The predicted octanol–water partition coefficient (Wildman–Crippen LogP) is 4.24. The highest BCUT2D eigenvalue weighted by Gasteiger charge is 2.21. The van der Waals surface area contributed by atoms with Crippen molar-refractivity contribution in [2.45, 2.75) is 26.7 Å². The maximum absolute atomic E-state index is 4.92. The summed E-state index contributed by atoms with van der Waals surface area (Å²) in [6.07, 6.45) is 2.52. The normalized spacial score (nSPS) is 14.9. The number of anilines is 1. The number of fused-ring (bicyclic) bond motifs is 1. The number of rotatable bonds is 2. The van der Waals surface area contributed by atoms with Gasteiger partial charge >= 0.3 is 0 Å². The third-order valence-electron chi connectivity index (χ3n) is 4.40. The number of hydrogen-bond donors (Lipinski definition) is 0. The van der Waals surface area contributed by atoms with E-state index in [0.29, 0.717) is 0 Å². The van der Waals surface area contributed by atoms with Gasteiger partial charge in [-0.15, -0.1) is 0 Å². The first-order valence-corrected chi connectivity index (χ1v) is 8.03. The van der Waals surface area contributed by atoms with Crippen LogP contribution in [0.3, 0.4) is 0 Å². The molecule has 0 saturated carbocycles. The smallest absolute Gasteiger partial charge is 0.211 e. The second-order valence-electron chi connectivity index (χ2n) is 6.28. The summed E-state index contributed by atoms with van der Waals surface area (Å²) >= 11 is 0. The molecule has 2 aromatic carbocycles. The minimum Gasteiger partial charge on any atom is -0.342 e. The molecule has 3 heteroatoms. The van der Waals surface area contributed by atoms with Crippen molar-refractivity contribution in [2.24, 2.45) is 0 Å². The van der Waals surface area contributed by atoms with Gasteiger partial charge in [-0.3, -0.25) is 4.57 Å². The van der Waals surface area contributed by atoms with Crippen LogP contribution in [0, 0.1) is 13.8 Å². The van der Waals surface area contributed by atoms with Gasteiger partial charge in [0.2, 0.25) is 5.95 Å². The van der Waals surface area contributed by atoms with Gasteiger partial charge in [0.15, 0.2) is 0 Å². The zero-order valence-electron chi connectivity index (χ0n) is 13.2. The van der Waals surface area contributed by atoms with E-state index in [0.717, 1.165) is 24.6 Å². The third kappa shape index (κ3) is 2.17. The Kier molecular flexibility index (Phi) is 3.14. The van der Waals surface area contributed by atoms with Crippen LogP contribution in [0.5, 0.6) is 0 Å². The predicted molar refractivity (Wildman–Crippen MR) is 92.0 cm³/mol. The zero-order chi connectivity index (χ0) is 15.1. The molecule has 1 aromatic heterocycles. The van der Waals surface area contributed by atoms with Gasteiger partial charge in [-0.2, -0.15) is 0 Å². The lowest BCUT2D eigenvalue weighted by Gasteiger charge is -2.19. The zero-order valence-corrected chi connectivity index (χ0v) is 13.2.